The molecule has 2 nitrogen and oxygen atoms in total. The van der Waals surface area contributed by atoms with Crippen LogP contribution in [0.3, 0.4) is 0 Å². The molecule has 0 spiro atoms. The lowest BCUT2D eigenvalue weighted by molar-refractivity contribution is -0.0402. The maximum atomic E-state index is 10.1. The average Bonchev–Trinajstić information content (AvgIpc) is 2.68. The second-order valence-corrected chi connectivity index (χ2v) is 10.4. The van der Waals surface area contributed by atoms with E-state index < -0.39 is 0 Å². The number of allylic oxidation sites excluding steroid dienone is 1. The predicted octanol–water partition coefficient (Wildman–Crippen LogP) is 4.27. The van der Waals surface area contributed by atoms with Crippen LogP contribution in [0.1, 0.15) is 72.6 Å². The van der Waals surface area contributed by atoms with Crippen molar-refractivity contribution in [2.45, 2.75) is 84.8 Å². The molecule has 4 aliphatic carbocycles. The van der Waals surface area contributed by atoms with E-state index >= 15 is 0 Å². The van der Waals surface area contributed by atoms with Crippen molar-refractivity contribution >= 4 is 0 Å². The van der Waals surface area contributed by atoms with Crippen LogP contribution in [0, 0.1) is 34.0 Å². The highest BCUT2D eigenvalue weighted by Gasteiger charge is 2.62. The number of fused-ring (bicyclic) bond motifs is 5. The van der Waals surface area contributed by atoms with Gasteiger partial charge in [0.05, 0.1) is 6.10 Å². The fraction of sp³-hybridized carbons (Fsp3) is 0.905. The molecule has 4 aliphatic rings. The predicted molar refractivity (Wildman–Crippen MR) is 94.8 cm³/mol. The first-order chi connectivity index (χ1) is 10.7. The van der Waals surface area contributed by atoms with E-state index in [0.29, 0.717) is 16.9 Å². The minimum absolute atomic E-state index is 0.0985. The normalized spacial score (nSPS) is 54.7. The standard InChI is InChI=1S/C21H35NO/c1-19(2)12-17-15-6-5-13-11-14(23)7-9-20(13,3)16(15)8-10-21(17,4)18(19)22/h5,14-18,23H,6-12,22H2,1-4H3/t14-,15+,16-,17-,18-,20-,21-/m0/s1. The second-order valence-electron chi connectivity index (χ2n) is 10.4. The van der Waals surface area contributed by atoms with Crippen molar-refractivity contribution in [1.82, 2.24) is 0 Å². The molecule has 0 aromatic rings. The third-order valence-electron chi connectivity index (χ3n) is 8.81. The van der Waals surface area contributed by atoms with Gasteiger partial charge in [-0.2, -0.15) is 0 Å². The second kappa shape index (κ2) is 4.85. The summed E-state index contributed by atoms with van der Waals surface area (Å²) in [5, 5.41) is 10.1. The molecule has 0 aromatic carbocycles. The summed E-state index contributed by atoms with van der Waals surface area (Å²) in [6.45, 7) is 9.77. The molecule has 130 valence electrons. The van der Waals surface area contributed by atoms with Gasteiger partial charge >= 0.3 is 0 Å². The Morgan fingerprint density at radius 1 is 1.09 bits per heavy atom. The molecule has 3 N–H and O–H groups in total. The summed E-state index contributed by atoms with van der Waals surface area (Å²) in [6, 6.07) is 0.340. The minimum atomic E-state index is -0.0985. The van der Waals surface area contributed by atoms with E-state index in [2.05, 4.69) is 33.8 Å². The van der Waals surface area contributed by atoms with Gasteiger partial charge < -0.3 is 10.8 Å². The molecule has 0 aromatic heterocycles. The van der Waals surface area contributed by atoms with Crippen LogP contribution in [-0.2, 0) is 0 Å². The van der Waals surface area contributed by atoms with Gasteiger partial charge in [-0.3, -0.25) is 0 Å². The van der Waals surface area contributed by atoms with E-state index in [-0.39, 0.29) is 11.5 Å². The lowest BCUT2D eigenvalue weighted by Gasteiger charge is -2.57. The van der Waals surface area contributed by atoms with Gasteiger partial charge in [0.2, 0.25) is 0 Å². The Morgan fingerprint density at radius 3 is 2.57 bits per heavy atom. The first-order valence-corrected chi connectivity index (χ1v) is 9.82. The monoisotopic (exact) mass is 317 g/mol. The molecule has 0 aliphatic heterocycles. The van der Waals surface area contributed by atoms with Gasteiger partial charge in [0.15, 0.2) is 0 Å². The summed E-state index contributed by atoms with van der Waals surface area (Å²) in [4.78, 5) is 0. The third kappa shape index (κ3) is 2.07. The molecule has 3 fully saturated rings. The van der Waals surface area contributed by atoms with E-state index in [9.17, 15) is 5.11 Å². The molecule has 0 amide bonds. The summed E-state index contributed by atoms with van der Waals surface area (Å²) < 4.78 is 0. The number of hydrogen-bond donors (Lipinski definition) is 2. The highest BCUT2D eigenvalue weighted by molar-refractivity contribution is 5.26. The Balaban J connectivity index is 1.70. The number of nitrogens with two attached hydrogens (primary N) is 1. The van der Waals surface area contributed by atoms with Crippen LogP contribution >= 0.6 is 0 Å². The summed E-state index contributed by atoms with van der Waals surface area (Å²) in [7, 11) is 0. The van der Waals surface area contributed by atoms with E-state index in [4.69, 9.17) is 5.73 Å². The molecular formula is C21H35NO. The van der Waals surface area contributed by atoms with Crippen molar-refractivity contribution in [2.75, 3.05) is 0 Å². The van der Waals surface area contributed by atoms with Gasteiger partial charge in [0, 0.05) is 6.04 Å². The molecule has 0 unspecified atom stereocenters. The van der Waals surface area contributed by atoms with Crippen molar-refractivity contribution < 1.29 is 5.11 Å². The summed E-state index contributed by atoms with van der Waals surface area (Å²) in [5.74, 6) is 2.41. The maximum Gasteiger partial charge on any atom is 0.0577 e. The molecule has 0 saturated heterocycles. The molecule has 23 heavy (non-hydrogen) atoms. The van der Waals surface area contributed by atoms with E-state index in [1.807, 2.05) is 0 Å². The zero-order valence-electron chi connectivity index (χ0n) is 15.4. The van der Waals surface area contributed by atoms with Crippen LogP contribution in [0.25, 0.3) is 0 Å². The largest absolute Gasteiger partial charge is 0.393 e. The Labute approximate surface area is 141 Å². The molecule has 4 rings (SSSR count). The Hall–Kier alpha value is -0.340. The van der Waals surface area contributed by atoms with Crippen molar-refractivity contribution in [3.63, 3.8) is 0 Å². The fourth-order valence-corrected chi connectivity index (χ4v) is 7.35. The lowest BCUT2D eigenvalue weighted by Crippen LogP contribution is -2.53. The Morgan fingerprint density at radius 2 is 1.83 bits per heavy atom. The van der Waals surface area contributed by atoms with Crippen molar-refractivity contribution in [1.29, 1.82) is 0 Å². The highest BCUT2D eigenvalue weighted by Crippen LogP contribution is 2.67. The molecule has 3 saturated carbocycles. The molecule has 7 atom stereocenters. The van der Waals surface area contributed by atoms with Gasteiger partial charge in [0.1, 0.15) is 0 Å². The van der Waals surface area contributed by atoms with Crippen LogP contribution in [0.4, 0.5) is 0 Å². The number of aliphatic hydroxyl groups is 1. The third-order valence-corrected chi connectivity index (χ3v) is 8.81. The number of rotatable bonds is 0. The molecule has 0 radical (unpaired) electrons. The molecular weight excluding hydrogens is 282 g/mol. The summed E-state index contributed by atoms with van der Waals surface area (Å²) >= 11 is 0. The SMILES string of the molecule is CC1(C)C[C@H]2[C@@H]3CC=C4C[C@@H](O)CC[C@]4(C)[C@H]3CC[C@]2(C)[C@H]1N. The minimum Gasteiger partial charge on any atom is -0.393 e. The Kier molecular flexibility index (Phi) is 3.40. The Bertz CT molecular complexity index is 538. The molecule has 0 bridgehead atoms. The van der Waals surface area contributed by atoms with Gasteiger partial charge in [-0.25, -0.2) is 0 Å². The fourth-order valence-electron chi connectivity index (χ4n) is 7.35. The van der Waals surface area contributed by atoms with Crippen molar-refractivity contribution in [2.24, 2.45) is 39.7 Å². The maximum absolute atomic E-state index is 10.1. The first kappa shape index (κ1) is 16.1. The quantitative estimate of drug-likeness (QED) is 0.655. The summed E-state index contributed by atoms with van der Waals surface area (Å²) in [5.41, 5.74) is 9.29. The van der Waals surface area contributed by atoms with Crippen LogP contribution in [0.5, 0.6) is 0 Å². The molecule has 2 heteroatoms. The topological polar surface area (TPSA) is 46.2 Å². The molecule has 0 heterocycles. The number of aliphatic hydroxyl groups excluding tert-OH is 1. The zero-order chi connectivity index (χ0) is 16.6. The van der Waals surface area contributed by atoms with E-state index in [1.54, 1.807) is 5.57 Å². The lowest BCUT2D eigenvalue weighted by atomic mass is 9.48. The van der Waals surface area contributed by atoms with E-state index in [0.717, 1.165) is 30.6 Å². The van der Waals surface area contributed by atoms with Crippen LogP contribution in [-0.4, -0.2) is 17.3 Å². The summed E-state index contributed by atoms with van der Waals surface area (Å²) in [6.07, 6.45) is 10.7. The van der Waals surface area contributed by atoms with E-state index in [1.165, 1.54) is 32.1 Å². The van der Waals surface area contributed by atoms with Gasteiger partial charge in [-0.15, -0.1) is 0 Å². The first-order valence-electron chi connectivity index (χ1n) is 9.82. The van der Waals surface area contributed by atoms with Crippen molar-refractivity contribution in [3.05, 3.63) is 11.6 Å². The van der Waals surface area contributed by atoms with Crippen molar-refractivity contribution in [3.8, 4) is 0 Å². The van der Waals surface area contributed by atoms with Gasteiger partial charge in [-0.1, -0.05) is 39.3 Å². The van der Waals surface area contributed by atoms with Gasteiger partial charge in [0.25, 0.3) is 0 Å². The number of hydrogen-bond acceptors (Lipinski definition) is 2. The highest BCUT2D eigenvalue weighted by atomic mass is 16.3. The zero-order valence-corrected chi connectivity index (χ0v) is 15.4. The smallest absolute Gasteiger partial charge is 0.0577 e. The van der Waals surface area contributed by atoms with Gasteiger partial charge in [-0.05, 0) is 78.9 Å². The van der Waals surface area contributed by atoms with Crippen LogP contribution in [0.15, 0.2) is 11.6 Å². The van der Waals surface area contributed by atoms with Crippen LogP contribution < -0.4 is 5.73 Å². The van der Waals surface area contributed by atoms with Crippen LogP contribution in [0.2, 0.25) is 0 Å². The average molecular weight is 318 g/mol.